The lowest BCUT2D eigenvalue weighted by Gasteiger charge is -2.23. The van der Waals surface area contributed by atoms with Gasteiger partial charge in [-0.1, -0.05) is 59.8 Å². The molecule has 2 unspecified atom stereocenters. The molecule has 18 heavy (non-hydrogen) atoms. The van der Waals surface area contributed by atoms with E-state index < -0.39 is 0 Å². The minimum Gasteiger partial charge on any atom is -0.465 e. The average Bonchev–Trinajstić information content (AvgIpc) is 2.38. The number of hydrogen-bond acceptors (Lipinski definition) is 2. The van der Waals surface area contributed by atoms with Crippen molar-refractivity contribution >= 4 is 5.97 Å². The number of carbonyl (C=O) groups is 1. The van der Waals surface area contributed by atoms with E-state index in [4.69, 9.17) is 4.74 Å². The molecule has 0 bridgehead atoms. The number of esters is 1. The van der Waals surface area contributed by atoms with Crippen LogP contribution in [0.4, 0.5) is 0 Å². The van der Waals surface area contributed by atoms with E-state index in [1.165, 1.54) is 32.1 Å². The summed E-state index contributed by atoms with van der Waals surface area (Å²) in [5, 5.41) is 0. The van der Waals surface area contributed by atoms with Crippen LogP contribution < -0.4 is 0 Å². The Kier molecular flexibility index (Phi) is 11.2. The molecule has 0 spiro atoms. The van der Waals surface area contributed by atoms with E-state index >= 15 is 0 Å². The number of ether oxygens (including phenoxy) is 1. The molecule has 0 rings (SSSR count). The lowest BCUT2D eigenvalue weighted by atomic mass is 9.87. The van der Waals surface area contributed by atoms with Gasteiger partial charge in [0.1, 0.15) is 0 Å². The highest BCUT2D eigenvalue weighted by Gasteiger charge is 2.18. The monoisotopic (exact) mass is 256 g/mol. The molecule has 0 radical (unpaired) electrons. The van der Waals surface area contributed by atoms with Gasteiger partial charge < -0.3 is 4.74 Å². The fourth-order valence-corrected chi connectivity index (χ4v) is 2.26. The molecular formula is C16H32O2. The molecule has 108 valence electrons. The van der Waals surface area contributed by atoms with Crippen LogP contribution in [0.3, 0.4) is 0 Å². The third-order valence-electron chi connectivity index (χ3n) is 3.67. The van der Waals surface area contributed by atoms with E-state index in [2.05, 4.69) is 27.7 Å². The average molecular weight is 256 g/mol. The van der Waals surface area contributed by atoms with Crippen LogP contribution in [0.25, 0.3) is 0 Å². The van der Waals surface area contributed by atoms with Gasteiger partial charge in [0.2, 0.25) is 0 Å². The third-order valence-corrected chi connectivity index (χ3v) is 3.67. The van der Waals surface area contributed by atoms with Gasteiger partial charge in [0, 0.05) is 6.42 Å². The zero-order valence-electron chi connectivity index (χ0n) is 12.8. The van der Waals surface area contributed by atoms with Gasteiger partial charge in [-0.25, -0.2) is 0 Å². The first-order valence-electron chi connectivity index (χ1n) is 7.81. The maximum absolute atomic E-state index is 11.5. The minimum absolute atomic E-state index is 0.0133. The largest absolute Gasteiger partial charge is 0.465 e. The molecule has 0 aromatic heterocycles. The topological polar surface area (TPSA) is 26.3 Å². The Morgan fingerprint density at radius 3 is 2.22 bits per heavy atom. The van der Waals surface area contributed by atoms with Gasteiger partial charge in [-0.15, -0.1) is 0 Å². The number of unbranched alkanes of at least 4 members (excludes halogenated alkanes) is 2. The molecule has 2 atom stereocenters. The molecule has 0 N–H and O–H groups in total. The SMILES string of the molecule is CCCCC(=O)OCC(CCC)C(C)CCCC. The van der Waals surface area contributed by atoms with Gasteiger partial charge >= 0.3 is 5.97 Å². The molecule has 0 aliphatic carbocycles. The van der Waals surface area contributed by atoms with Crippen LogP contribution in [0.15, 0.2) is 0 Å². The van der Waals surface area contributed by atoms with Gasteiger partial charge in [0.05, 0.1) is 6.61 Å². The van der Waals surface area contributed by atoms with Crippen LogP contribution >= 0.6 is 0 Å². The summed E-state index contributed by atoms with van der Waals surface area (Å²) < 4.78 is 5.42. The molecule has 0 aromatic rings. The highest BCUT2D eigenvalue weighted by atomic mass is 16.5. The van der Waals surface area contributed by atoms with Crippen LogP contribution in [-0.4, -0.2) is 12.6 Å². The number of rotatable bonds is 11. The Morgan fingerprint density at radius 1 is 1.00 bits per heavy atom. The first-order valence-corrected chi connectivity index (χ1v) is 7.81. The molecule has 0 saturated carbocycles. The van der Waals surface area contributed by atoms with Gasteiger partial charge in [-0.3, -0.25) is 4.79 Å². The molecule has 0 heterocycles. The Balaban J connectivity index is 3.97. The van der Waals surface area contributed by atoms with Crippen LogP contribution in [0.5, 0.6) is 0 Å². The van der Waals surface area contributed by atoms with Crippen molar-refractivity contribution in [2.75, 3.05) is 6.61 Å². The summed E-state index contributed by atoms with van der Waals surface area (Å²) in [4.78, 5) is 11.5. The molecule has 0 aromatic carbocycles. The molecule has 0 amide bonds. The molecule has 0 saturated heterocycles. The quantitative estimate of drug-likeness (QED) is 0.488. The van der Waals surface area contributed by atoms with Crippen molar-refractivity contribution in [3.8, 4) is 0 Å². The normalized spacial score (nSPS) is 14.2. The summed E-state index contributed by atoms with van der Waals surface area (Å²) in [7, 11) is 0. The highest BCUT2D eigenvalue weighted by Crippen LogP contribution is 2.23. The van der Waals surface area contributed by atoms with Gasteiger partial charge in [0.15, 0.2) is 0 Å². The van der Waals surface area contributed by atoms with Crippen molar-refractivity contribution in [2.24, 2.45) is 11.8 Å². The molecule has 0 fully saturated rings. The first-order chi connectivity index (χ1) is 8.65. The zero-order chi connectivity index (χ0) is 13.8. The lowest BCUT2D eigenvalue weighted by molar-refractivity contribution is -0.145. The van der Waals surface area contributed by atoms with E-state index in [-0.39, 0.29) is 5.97 Å². The smallest absolute Gasteiger partial charge is 0.305 e. The van der Waals surface area contributed by atoms with Gasteiger partial charge in [-0.05, 0) is 24.7 Å². The summed E-state index contributed by atoms with van der Waals surface area (Å²) in [6, 6.07) is 0. The molecule has 2 nitrogen and oxygen atoms in total. The fraction of sp³-hybridized carbons (Fsp3) is 0.938. The maximum Gasteiger partial charge on any atom is 0.305 e. The molecular weight excluding hydrogens is 224 g/mol. The lowest BCUT2D eigenvalue weighted by Crippen LogP contribution is -2.20. The van der Waals surface area contributed by atoms with Crippen molar-refractivity contribution in [3.05, 3.63) is 0 Å². The van der Waals surface area contributed by atoms with E-state index in [0.29, 0.717) is 24.9 Å². The van der Waals surface area contributed by atoms with E-state index in [1.807, 2.05) is 0 Å². The van der Waals surface area contributed by atoms with Gasteiger partial charge in [-0.2, -0.15) is 0 Å². The Morgan fingerprint density at radius 2 is 1.67 bits per heavy atom. The van der Waals surface area contributed by atoms with Crippen molar-refractivity contribution in [1.82, 2.24) is 0 Å². The van der Waals surface area contributed by atoms with E-state index in [0.717, 1.165) is 12.8 Å². The summed E-state index contributed by atoms with van der Waals surface area (Å²) in [5.74, 6) is 1.21. The minimum atomic E-state index is -0.0133. The second kappa shape index (κ2) is 11.6. The summed E-state index contributed by atoms with van der Waals surface area (Å²) in [6.07, 6.45) is 8.72. The molecule has 0 aliphatic rings. The van der Waals surface area contributed by atoms with E-state index in [9.17, 15) is 4.79 Å². The Hall–Kier alpha value is -0.530. The van der Waals surface area contributed by atoms with Crippen molar-refractivity contribution in [3.63, 3.8) is 0 Å². The van der Waals surface area contributed by atoms with Crippen LogP contribution in [0, 0.1) is 11.8 Å². The summed E-state index contributed by atoms with van der Waals surface area (Å²) in [6.45, 7) is 9.46. The van der Waals surface area contributed by atoms with Crippen molar-refractivity contribution < 1.29 is 9.53 Å². The number of hydrogen-bond donors (Lipinski definition) is 0. The summed E-state index contributed by atoms with van der Waals surface area (Å²) >= 11 is 0. The Labute approximate surface area is 113 Å². The third kappa shape index (κ3) is 8.54. The summed E-state index contributed by atoms with van der Waals surface area (Å²) in [5.41, 5.74) is 0. The molecule has 0 aliphatic heterocycles. The highest BCUT2D eigenvalue weighted by molar-refractivity contribution is 5.69. The predicted molar refractivity (Wildman–Crippen MR) is 77.6 cm³/mol. The number of carbonyl (C=O) groups excluding carboxylic acids is 1. The van der Waals surface area contributed by atoms with Crippen LogP contribution in [-0.2, 0) is 9.53 Å². The Bertz CT molecular complexity index is 201. The maximum atomic E-state index is 11.5. The van der Waals surface area contributed by atoms with Gasteiger partial charge in [0.25, 0.3) is 0 Å². The van der Waals surface area contributed by atoms with Crippen molar-refractivity contribution in [2.45, 2.75) is 79.1 Å². The zero-order valence-corrected chi connectivity index (χ0v) is 12.8. The molecule has 2 heteroatoms. The second-order valence-corrected chi connectivity index (χ2v) is 5.45. The van der Waals surface area contributed by atoms with E-state index in [1.54, 1.807) is 0 Å². The van der Waals surface area contributed by atoms with Crippen LogP contribution in [0.1, 0.15) is 79.1 Å². The first kappa shape index (κ1) is 17.5. The predicted octanol–water partition coefficient (Wildman–Crippen LogP) is 4.96. The standard InChI is InChI=1S/C16H32O2/c1-5-8-11-14(4)15(10-7-3)13-18-16(17)12-9-6-2/h14-15H,5-13H2,1-4H3. The van der Waals surface area contributed by atoms with Crippen LogP contribution in [0.2, 0.25) is 0 Å². The fourth-order valence-electron chi connectivity index (χ4n) is 2.26. The second-order valence-electron chi connectivity index (χ2n) is 5.45. The van der Waals surface area contributed by atoms with Crippen molar-refractivity contribution in [1.29, 1.82) is 0 Å².